The van der Waals surface area contributed by atoms with Gasteiger partial charge in [-0.2, -0.15) is 0 Å². The van der Waals surface area contributed by atoms with E-state index in [9.17, 15) is 19.7 Å². The first-order chi connectivity index (χ1) is 11.0. The Kier molecular flexibility index (Phi) is 7.25. The van der Waals surface area contributed by atoms with Crippen molar-refractivity contribution in [2.75, 3.05) is 18.5 Å². The molecule has 1 aromatic carbocycles. The third-order valence-electron chi connectivity index (χ3n) is 2.63. The minimum Gasteiger partial charge on any atom is -0.466 e. The Balaban J connectivity index is 2.87. The molecule has 8 heteroatoms. The van der Waals surface area contributed by atoms with Gasteiger partial charge in [0.25, 0.3) is 5.69 Å². The average Bonchev–Trinajstić information content (AvgIpc) is 2.52. The molecule has 0 saturated carbocycles. The number of carbonyl (C=O) groups excluding carboxylic acids is 2. The first-order valence-corrected chi connectivity index (χ1v) is 7.02. The van der Waals surface area contributed by atoms with Gasteiger partial charge in [0.1, 0.15) is 5.70 Å². The van der Waals surface area contributed by atoms with E-state index in [4.69, 9.17) is 9.47 Å². The van der Waals surface area contributed by atoms with Crippen LogP contribution in [0.5, 0.6) is 0 Å². The summed E-state index contributed by atoms with van der Waals surface area (Å²) in [4.78, 5) is 33.4. The Labute approximate surface area is 133 Å². The predicted octanol–water partition coefficient (Wildman–Crippen LogP) is 2.41. The van der Waals surface area contributed by atoms with Gasteiger partial charge >= 0.3 is 11.9 Å². The second-order valence-corrected chi connectivity index (χ2v) is 4.28. The van der Waals surface area contributed by atoms with Crippen LogP contribution in [0.3, 0.4) is 0 Å². The maximum Gasteiger partial charge on any atom is 0.354 e. The second kappa shape index (κ2) is 9.19. The molecule has 0 aliphatic carbocycles. The van der Waals surface area contributed by atoms with Gasteiger partial charge in [0.05, 0.1) is 24.6 Å². The SMILES string of the molecule is CCOC(=O)C/C=C(/Nc1ccc([N+](=O)[O-])cc1)C(=O)OCC. The van der Waals surface area contributed by atoms with Crippen LogP contribution in [0, 0.1) is 10.1 Å². The van der Waals surface area contributed by atoms with Crippen molar-refractivity contribution in [2.45, 2.75) is 20.3 Å². The lowest BCUT2D eigenvalue weighted by Crippen LogP contribution is -2.15. The van der Waals surface area contributed by atoms with Gasteiger partial charge in [-0.15, -0.1) is 0 Å². The van der Waals surface area contributed by atoms with E-state index in [1.807, 2.05) is 0 Å². The molecule has 0 atom stereocenters. The van der Waals surface area contributed by atoms with Gasteiger partial charge in [0, 0.05) is 17.8 Å². The monoisotopic (exact) mass is 322 g/mol. The predicted molar refractivity (Wildman–Crippen MR) is 82.7 cm³/mol. The van der Waals surface area contributed by atoms with Gasteiger partial charge in [-0.3, -0.25) is 14.9 Å². The smallest absolute Gasteiger partial charge is 0.354 e. The molecule has 1 rings (SSSR count). The van der Waals surface area contributed by atoms with Crippen LogP contribution < -0.4 is 5.32 Å². The molecule has 0 radical (unpaired) electrons. The van der Waals surface area contributed by atoms with Crippen LogP contribution in [0.25, 0.3) is 0 Å². The summed E-state index contributed by atoms with van der Waals surface area (Å²) < 4.78 is 9.69. The van der Waals surface area contributed by atoms with Crippen LogP contribution in [-0.4, -0.2) is 30.1 Å². The molecule has 0 bridgehead atoms. The van der Waals surface area contributed by atoms with E-state index in [1.165, 1.54) is 30.3 Å². The first-order valence-electron chi connectivity index (χ1n) is 7.02. The molecule has 124 valence electrons. The fraction of sp³-hybridized carbons (Fsp3) is 0.333. The number of nitrogens with zero attached hydrogens (tertiary/aromatic N) is 1. The minimum absolute atomic E-state index is 0.0637. The number of rotatable bonds is 8. The van der Waals surface area contributed by atoms with Crippen LogP contribution in [0.1, 0.15) is 20.3 Å². The zero-order valence-corrected chi connectivity index (χ0v) is 12.9. The molecule has 0 heterocycles. The van der Waals surface area contributed by atoms with E-state index in [0.717, 1.165) is 0 Å². The molecule has 8 nitrogen and oxygen atoms in total. The summed E-state index contributed by atoms with van der Waals surface area (Å²) in [5.74, 6) is -1.10. The summed E-state index contributed by atoms with van der Waals surface area (Å²) in [7, 11) is 0. The summed E-state index contributed by atoms with van der Waals surface area (Å²) in [6.07, 6.45) is 1.26. The van der Waals surface area contributed by atoms with E-state index in [-0.39, 0.29) is 31.0 Å². The summed E-state index contributed by atoms with van der Waals surface area (Å²) in [5, 5.41) is 13.4. The Morgan fingerprint density at radius 3 is 2.30 bits per heavy atom. The van der Waals surface area contributed by atoms with Gasteiger partial charge < -0.3 is 14.8 Å². The van der Waals surface area contributed by atoms with Crippen LogP contribution in [-0.2, 0) is 19.1 Å². The third-order valence-corrected chi connectivity index (χ3v) is 2.63. The van der Waals surface area contributed by atoms with E-state index in [2.05, 4.69) is 5.32 Å². The van der Waals surface area contributed by atoms with Gasteiger partial charge in [-0.1, -0.05) is 0 Å². The standard InChI is InChI=1S/C15H18N2O6/c1-3-22-14(18)10-9-13(15(19)23-4-2)16-11-5-7-12(8-6-11)17(20)21/h5-9,16H,3-4,10H2,1-2H3/b13-9+. The lowest BCUT2D eigenvalue weighted by Gasteiger charge is -2.10. The lowest BCUT2D eigenvalue weighted by atomic mass is 10.2. The number of carbonyl (C=O) groups is 2. The lowest BCUT2D eigenvalue weighted by molar-refractivity contribution is -0.384. The Morgan fingerprint density at radius 1 is 1.17 bits per heavy atom. The fourth-order valence-corrected chi connectivity index (χ4v) is 1.62. The molecular weight excluding hydrogens is 304 g/mol. The molecule has 0 aliphatic heterocycles. The number of hydrogen-bond donors (Lipinski definition) is 1. The molecule has 23 heavy (non-hydrogen) atoms. The Bertz CT molecular complexity index is 594. The number of nitro groups is 1. The van der Waals surface area contributed by atoms with Crippen LogP contribution in [0.15, 0.2) is 36.0 Å². The van der Waals surface area contributed by atoms with Gasteiger partial charge in [0.15, 0.2) is 0 Å². The van der Waals surface area contributed by atoms with Crippen molar-refractivity contribution in [3.05, 3.63) is 46.2 Å². The second-order valence-electron chi connectivity index (χ2n) is 4.28. The van der Waals surface area contributed by atoms with Crippen LogP contribution in [0.2, 0.25) is 0 Å². The molecular formula is C15H18N2O6. The van der Waals surface area contributed by atoms with Gasteiger partial charge in [-0.25, -0.2) is 4.79 Å². The van der Waals surface area contributed by atoms with E-state index in [1.54, 1.807) is 13.8 Å². The molecule has 0 unspecified atom stereocenters. The molecule has 0 fully saturated rings. The number of esters is 2. The topological polar surface area (TPSA) is 108 Å². The van der Waals surface area contributed by atoms with Crippen molar-refractivity contribution in [3.8, 4) is 0 Å². The summed E-state index contributed by atoms with van der Waals surface area (Å²) in [6, 6.07) is 5.51. The van der Waals surface area contributed by atoms with Crippen molar-refractivity contribution in [3.63, 3.8) is 0 Å². The van der Waals surface area contributed by atoms with E-state index < -0.39 is 16.9 Å². The fourth-order valence-electron chi connectivity index (χ4n) is 1.62. The normalized spacial score (nSPS) is 10.8. The first kappa shape index (κ1) is 18.1. The van der Waals surface area contributed by atoms with Crippen molar-refractivity contribution >= 4 is 23.3 Å². The maximum absolute atomic E-state index is 11.9. The molecule has 0 spiro atoms. The highest BCUT2D eigenvalue weighted by Gasteiger charge is 2.13. The molecule has 0 amide bonds. The molecule has 0 aromatic heterocycles. The largest absolute Gasteiger partial charge is 0.466 e. The highest BCUT2D eigenvalue weighted by molar-refractivity contribution is 5.92. The highest BCUT2D eigenvalue weighted by atomic mass is 16.6. The molecule has 0 aliphatic rings. The number of nitrogens with one attached hydrogen (secondary N) is 1. The zero-order valence-electron chi connectivity index (χ0n) is 12.9. The van der Waals surface area contributed by atoms with Crippen molar-refractivity contribution in [1.82, 2.24) is 0 Å². The zero-order chi connectivity index (χ0) is 17.2. The van der Waals surface area contributed by atoms with Crippen molar-refractivity contribution in [2.24, 2.45) is 0 Å². The minimum atomic E-state index is -0.629. The summed E-state index contributed by atoms with van der Waals surface area (Å²) in [5.41, 5.74) is 0.455. The van der Waals surface area contributed by atoms with E-state index in [0.29, 0.717) is 5.69 Å². The van der Waals surface area contributed by atoms with Gasteiger partial charge in [-0.05, 0) is 32.1 Å². The number of hydrogen-bond acceptors (Lipinski definition) is 7. The summed E-state index contributed by atoms with van der Waals surface area (Å²) in [6.45, 7) is 3.77. The molecule has 0 saturated heterocycles. The third kappa shape index (κ3) is 6.16. The Hall–Kier alpha value is -2.90. The highest BCUT2D eigenvalue weighted by Crippen LogP contribution is 2.17. The molecule has 1 aromatic rings. The van der Waals surface area contributed by atoms with Crippen molar-refractivity contribution < 1.29 is 24.0 Å². The molecule has 1 N–H and O–H groups in total. The number of ether oxygens (including phenoxy) is 2. The number of non-ortho nitro benzene ring substituents is 1. The number of anilines is 1. The Morgan fingerprint density at radius 2 is 1.78 bits per heavy atom. The maximum atomic E-state index is 11.9. The van der Waals surface area contributed by atoms with E-state index >= 15 is 0 Å². The van der Waals surface area contributed by atoms with Gasteiger partial charge in [0.2, 0.25) is 0 Å². The number of nitro benzene ring substituents is 1. The van der Waals surface area contributed by atoms with Crippen molar-refractivity contribution in [1.29, 1.82) is 0 Å². The van der Waals surface area contributed by atoms with Crippen LogP contribution in [0.4, 0.5) is 11.4 Å². The average molecular weight is 322 g/mol. The summed E-state index contributed by atoms with van der Waals surface area (Å²) >= 11 is 0. The quantitative estimate of drug-likeness (QED) is 0.339. The van der Waals surface area contributed by atoms with Crippen LogP contribution >= 0.6 is 0 Å². The number of benzene rings is 1.